The van der Waals surface area contributed by atoms with Crippen LogP contribution in [0.3, 0.4) is 0 Å². The summed E-state index contributed by atoms with van der Waals surface area (Å²) < 4.78 is 0. The highest BCUT2D eigenvalue weighted by Crippen LogP contribution is 2.29. The van der Waals surface area contributed by atoms with Crippen LogP contribution in [0.2, 0.25) is 5.02 Å². The number of thiophene rings is 1. The minimum absolute atomic E-state index is 0.181. The first-order chi connectivity index (χ1) is 6.11. The average molecular weight is 219 g/mol. The Kier molecular flexibility index (Phi) is 3.71. The van der Waals surface area contributed by atoms with E-state index >= 15 is 0 Å². The quantitative estimate of drug-likeness (QED) is 0.807. The first kappa shape index (κ1) is 10.5. The molecule has 0 aliphatic rings. The summed E-state index contributed by atoms with van der Waals surface area (Å²) in [5.41, 5.74) is 10.8. The zero-order chi connectivity index (χ0) is 9.84. The summed E-state index contributed by atoms with van der Waals surface area (Å²) >= 11 is 7.36. The Bertz CT molecular complexity index is 300. The number of halogens is 1. The van der Waals surface area contributed by atoms with Crippen LogP contribution < -0.4 is 11.5 Å². The third-order valence-corrected chi connectivity index (χ3v) is 3.17. The topological polar surface area (TPSA) is 69.1 Å². The molecule has 0 fully saturated rings. The van der Waals surface area contributed by atoms with E-state index in [0.29, 0.717) is 17.9 Å². The van der Waals surface area contributed by atoms with Crippen LogP contribution in [-0.4, -0.2) is 5.91 Å². The van der Waals surface area contributed by atoms with E-state index in [4.69, 9.17) is 23.1 Å². The number of carbonyl (C=O) groups is 1. The maximum Gasteiger partial charge on any atom is 0.217 e. The molecule has 0 bridgehead atoms. The second-order valence-corrected chi connectivity index (χ2v) is 4.10. The van der Waals surface area contributed by atoms with Crippen molar-refractivity contribution >= 4 is 28.8 Å². The van der Waals surface area contributed by atoms with Crippen LogP contribution in [0, 0.1) is 0 Å². The summed E-state index contributed by atoms with van der Waals surface area (Å²) in [5.74, 6) is -0.330. The van der Waals surface area contributed by atoms with Gasteiger partial charge in [0.1, 0.15) is 0 Å². The lowest BCUT2D eigenvalue weighted by Crippen LogP contribution is -2.15. The molecular weight excluding hydrogens is 208 g/mol. The molecule has 1 heterocycles. The minimum Gasteiger partial charge on any atom is -0.370 e. The molecule has 1 unspecified atom stereocenters. The van der Waals surface area contributed by atoms with Crippen LogP contribution in [0.25, 0.3) is 0 Å². The van der Waals surface area contributed by atoms with E-state index in [1.54, 1.807) is 6.07 Å². The minimum atomic E-state index is -0.330. The first-order valence-electron chi connectivity index (χ1n) is 3.88. The summed E-state index contributed by atoms with van der Waals surface area (Å²) in [4.78, 5) is 11.4. The van der Waals surface area contributed by atoms with Gasteiger partial charge in [-0.2, -0.15) is 0 Å². The third kappa shape index (κ3) is 2.99. The molecule has 1 atom stereocenters. The molecule has 0 aliphatic heterocycles. The van der Waals surface area contributed by atoms with E-state index in [-0.39, 0.29) is 11.9 Å². The maximum absolute atomic E-state index is 10.5. The Morgan fingerprint density at radius 3 is 2.85 bits per heavy atom. The van der Waals surface area contributed by atoms with Gasteiger partial charge in [0.25, 0.3) is 0 Å². The van der Waals surface area contributed by atoms with Crippen LogP contribution in [0.1, 0.15) is 23.8 Å². The number of carbonyl (C=O) groups excluding carboxylic acids is 1. The third-order valence-electron chi connectivity index (χ3n) is 1.68. The molecule has 0 aliphatic carbocycles. The predicted octanol–water partition coefficient (Wildman–Crippen LogP) is 1.67. The van der Waals surface area contributed by atoms with Gasteiger partial charge >= 0.3 is 0 Å². The molecule has 13 heavy (non-hydrogen) atoms. The first-order valence-corrected chi connectivity index (χ1v) is 5.14. The predicted molar refractivity (Wildman–Crippen MR) is 54.7 cm³/mol. The molecule has 3 nitrogen and oxygen atoms in total. The van der Waals surface area contributed by atoms with Gasteiger partial charge in [0.2, 0.25) is 5.91 Å². The van der Waals surface area contributed by atoms with Crippen LogP contribution in [0.4, 0.5) is 0 Å². The van der Waals surface area contributed by atoms with Gasteiger partial charge in [0.05, 0.1) is 5.02 Å². The molecular formula is C8H11ClN2OS. The average Bonchev–Trinajstić information content (AvgIpc) is 2.47. The molecule has 4 N–H and O–H groups in total. The summed E-state index contributed by atoms with van der Waals surface area (Å²) in [5, 5.41) is 2.55. The van der Waals surface area contributed by atoms with E-state index < -0.39 is 0 Å². The van der Waals surface area contributed by atoms with Crippen molar-refractivity contribution < 1.29 is 4.79 Å². The molecule has 0 saturated carbocycles. The fourth-order valence-corrected chi connectivity index (χ4v) is 2.23. The Morgan fingerprint density at radius 1 is 1.69 bits per heavy atom. The molecule has 72 valence electrons. The van der Waals surface area contributed by atoms with Crippen LogP contribution in [0.15, 0.2) is 11.4 Å². The fourth-order valence-electron chi connectivity index (χ4n) is 0.999. The summed E-state index contributed by atoms with van der Waals surface area (Å²) in [6, 6.07) is 1.62. The molecule has 1 amide bonds. The van der Waals surface area contributed by atoms with Crippen molar-refractivity contribution in [2.45, 2.75) is 18.9 Å². The van der Waals surface area contributed by atoms with Gasteiger partial charge in [-0.15, -0.1) is 11.3 Å². The Hall–Kier alpha value is -0.580. The van der Waals surface area contributed by atoms with Crippen molar-refractivity contribution in [1.82, 2.24) is 0 Å². The highest BCUT2D eigenvalue weighted by Gasteiger charge is 2.12. The zero-order valence-corrected chi connectivity index (χ0v) is 8.57. The van der Waals surface area contributed by atoms with E-state index in [1.165, 1.54) is 11.3 Å². The monoisotopic (exact) mass is 218 g/mol. The second kappa shape index (κ2) is 4.60. The Labute approximate surface area is 85.7 Å². The molecule has 0 saturated heterocycles. The van der Waals surface area contributed by atoms with E-state index in [0.717, 1.165) is 4.88 Å². The number of amides is 1. The SMILES string of the molecule is NC(=O)CCC(N)c1sccc1Cl. The largest absolute Gasteiger partial charge is 0.370 e. The standard InChI is InChI=1S/C8H11ClN2OS/c9-5-3-4-13-8(5)6(10)1-2-7(11)12/h3-4,6H,1-2,10H2,(H2,11,12). The van der Waals surface area contributed by atoms with Crippen molar-refractivity contribution in [1.29, 1.82) is 0 Å². The molecule has 1 rings (SSSR count). The Morgan fingerprint density at radius 2 is 2.38 bits per heavy atom. The van der Waals surface area contributed by atoms with Crippen molar-refractivity contribution in [2.75, 3.05) is 0 Å². The molecule has 0 aromatic carbocycles. The van der Waals surface area contributed by atoms with Crippen LogP contribution in [0.5, 0.6) is 0 Å². The van der Waals surface area contributed by atoms with E-state index in [9.17, 15) is 4.79 Å². The molecule has 5 heteroatoms. The molecule has 0 radical (unpaired) electrons. The van der Waals surface area contributed by atoms with Crippen molar-refractivity contribution in [3.05, 3.63) is 21.3 Å². The van der Waals surface area contributed by atoms with Gasteiger partial charge in [0, 0.05) is 17.3 Å². The number of rotatable bonds is 4. The van der Waals surface area contributed by atoms with Crippen molar-refractivity contribution in [3.8, 4) is 0 Å². The molecule has 1 aromatic rings. The van der Waals surface area contributed by atoms with Gasteiger partial charge in [-0.05, 0) is 17.9 Å². The van der Waals surface area contributed by atoms with Gasteiger partial charge in [0.15, 0.2) is 0 Å². The van der Waals surface area contributed by atoms with Crippen molar-refractivity contribution in [2.24, 2.45) is 11.5 Å². The summed E-state index contributed by atoms with van der Waals surface area (Å²) in [6.07, 6.45) is 0.852. The van der Waals surface area contributed by atoms with E-state index in [1.807, 2.05) is 5.38 Å². The summed E-state index contributed by atoms with van der Waals surface area (Å²) in [7, 11) is 0. The normalized spacial score (nSPS) is 12.8. The lowest BCUT2D eigenvalue weighted by atomic mass is 10.1. The van der Waals surface area contributed by atoms with Crippen LogP contribution >= 0.6 is 22.9 Å². The van der Waals surface area contributed by atoms with Gasteiger partial charge in [-0.25, -0.2) is 0 Å². The van der Waals surface area contributed by atoms with Crippen LogP contribution in [-0.2, 0) is 4.79 Å². The van der Waals surface area contributed by atoms with Gasteiger partial charge in [-0.3, -0.25) is 4.79 Å². The molecule has 0 spiro atoms. The maximum atomic E-state index is 10.5. The second-order valence-electron chi connectivity index (χ2n) is 2.74. The van der Waals surface area contributed by atoms with Crippen molar-refractivity contribution in [3.63, 3.8) is 0 Å². The lowest BCUT2D eigenvalue weighted by molar-refractivity contribution is -0.118. The highest BCUT2D eigenvalue weighted by molar-refractivity contribution is 7.10. The smallest absolute Gasteiger partial charge is 0.217 e. The number of primary amides is 1. The van der Waals surface area contributed by atoms with E-state index in [2.05, 4.69) is 0 Å². The number of hydrogen-bond acceptors (Lipinski definition) is 3. The highest BCUT2D eigenvalue weighted by atomic mass is 35.5. The summed E-state index contributed by atoms with van der Waals surface area (Å²) in [6.45, 7) is 0. The fraction of sp³-hybridized carbons (Fsp3) is 0.375. The number of hydrogen-bond donors (Lipinski definition) is 2. The van der Waals surface area contributed by atoms with Gasteiger partial charge < -0.3 is 11.5 Å². The molecule has 1 aromatic heterocycles. The zero-order valence-electron chi connectivity index (χ0n) is 7.00. The lowest BCUT2D eigenvalue weighted by Gasteiger charge is -2.08. The Balaban J connectivity index is 2.53. The number of nitrogens with two attached hydrogens (primary N) is 2. The van der Waals surface area contributed by atoms with Gasteiger partial charge in [-0.1, -0.05) is 11.6 Å².